The highest BCUT2D eigenvalue weighted by atomic mass is 16.5. The molecule has 1 aromatic heterocycles. The van der Waals surface area contributed by atoms with Crippen molar-refractivity contribution >= 4 is 21.5 Å². The van der Waals surface area contributed by atoms with Gasteiger partial charge in [-0.3, -0.25) is 0 Å². The molecule has 3 aromatic carbocycles. The third kappa shape index (κ3) is 3.14. The normalized spacial score (nSPS) is 19.6. The SMILES string of the molecule is Cc1c2c(c(C)c3c4c(ccc13)C(C)(C)CC4(C)C)Oc1cc(C3CCCCC3)cc3cc[n+](C)c-2c13. The van der Waals surface area contributed by atoms with E-state index in [9.17, 15) is 0 Å². The van der Waals surface area contributed by atoms with Gasteiger partial charge in [0.25, 0.3) is 0 Å². The van der Waals surface area contributed by atoms with Gasteiger partial charge in [0, 0.05) is 11.6 Å². The molecule has 2 aliphatic carbocycles. The molecule has 0 atom stereocenters. The van der Waals surface area contributed by atoms with Gasteiger partial charge in [0.15, 0.2) is 6.20 Å². The number of hydrogen-bond donors (Lipinski definition) is 0. The van der Waals surface area contributed by atoms with Crippen LogP contribution in [-0.4, -0.2) is 0 Å². The molecule has 0 N–H and O–H groups in total. The first-order valence-corrected chi connectivity index (χ1v) is 14.3. The van der Waals surface area contributed by atoms with Gasteiger partial charge in [-0.05, 0) is 94.3 Å². The standard InChI is InChI=1S/C35H40NO/c1-20-25-13-14-26-31(35(5,6)19-34(26,3)4)28(25)21(2)33-29(20)32-30-23(15-16-36(32)7)17-24(18-27(30)37-33)22-11-9-8-10-12-22/h13-18,22H,8-12,19H2,1-7H3/q+1. The van der Waals surface area contributed by atoms with Crippen LogP contribution in [0.15, 0.2) is 36.5 Å². The Labute approximate surface area is 221 Å². The van der Waals surface area contributed by atoms with Crippen LogP contribution in [0.3, 0.4) is 0 Å². The lowest BCUT2D eigenvalue weighted by molar-refractivity contribution is -0.659. The maximum atomic E-state index is 7.02. The van der Waals surface area contributed by atoms with E-state index in [1.807, 2.05) is 0 Å². The molecule has 7 rings (SSSR count). The molecule has 1 saturated carbocycles. The minimum atomic E-state index is 0.134. The summed E-state index contributed by atoms with van der Waals surface area (Å²) in [5.41, 5.74) is 10.0. The molecule has 0 spiro atoms. The summed E-state index contributed by atoms with van der Waals surface area (Å²) >= 11 is 0. The van der Waals surface area contributed by atoms with Gasteiger partial charge in [0.2, 0.25) is 5.69 Å². The quantitative estimate of drug-likeness (QED) is 0.213. The minimum absolute atomic E-state index is 0.134. The Morgan fingerprint density at radius 2 is 1.62 bits per heavy atom. The molecular weight excluding hydrogens is 450 g/mol. The Hall–Kier alpha value is -2.87. The zero-order chi connectivity index (χ0) is 25.9. The topological polar surface area (TPSA) is 13.1 Å². The molecule has 3 aliphatic rings. The van der Waals surface area contributed by atoms with E-state index in [1.54, 1.807) is 0 Å². The Balaban J connectivity index is 1.55. The molecule has 0 saturated heterocycles. The van der Waals surface area contributed by atoms with Gasteiger partial charge in [0.05, 0.1) is 10.9 Å². The number of nitrogens with zero attached hydrogens (tertiary/aromatic N) is 1. The Kier molecular flexibility index (Phi) is 4.77. The van der Waals surface area contributed by atoms with Crippen LogP contribution in [0.2, 0.25) is 0 Å². The molecule has 37 heavy (non-hydrogen) atoms. The smallest absolute Gasteiger partial charge is 0.228 e. The van der Waals surface area contributed by atoms with E-state index >= 15 is 0 Å². The molecule has 2 nitrogen and oxygen atoms in total. The number of benzene rings is 3. The summed E-state index contributed by atoms with van der Waals surface area (Å²) in [4.78, 5) is 0. The molecular formula is C35H40NO+. The average molecular weight is 491 g/mol. The maximum absolute atomic E-state index is 7.02. The van der Waals surface area contributed by atoms with Gasteiger partial charge in [-0.15, -0.1) is 0 Å². The van der Waals surface area contributed by atoms with E-state index < -0.39 is 0 Å². The van der Waals surface area contributed by atoms with Crippen LogP contribution >= 0.6 is 0 Å². The highest BCUT2D eigenvalue weighted by Gasteiger charge is 2.44. The van der Waals surface area contributed by atoms with Crippen LogP contribution < -0.4 is 9.30 Å². The van der Waals surface area contributed by atoms with Crippen molar-refractivity contribution in [2.24, 2.45) is 7.05 Å². The fraction of sp³-hybridized carbons (Fsp3) is 0.457. The summed E-state index contributed by atoms with van der Waals surface area (Å²) in [6.45, 7) is 14.3. The third-order valence-corrected chi connectivity index (χ3v) is 9.96. The second kappa shape index (κ2) is 7.59. The second-order valence-electron chi connectivity index (χ2n) is 13.5. The molecule has 190 valence electrons. The van der Waals surface area contributed by atoms with Crippen LogP contribution in [0.5, 0.6) is 11.5 Å². The number of pyridine rings is 1. The van der Waals surface area contributed by atoms with Gasteiger partial charge >= 0.3 is 0 Å². The number of ether oxygens (including phenoxy) is 1. The van der Waals surface area contributed by atoms with E-state index in [0.29, 0.717) is 5.92 Å². The van der Waals surface area contributed by atoms with Crippen molar-refractivity contribution in [1.29, 1.82) is 0 Å². The molecule has 4 aromatic rings. The zero-order valence-corrected chi connectivity index (χ0v) is 23.6. The molecule has 2 heterocycles. The number of aromatic nitrogens is 1. The van der Waals surface area contributed by atoms with Gasteiger partial charge in [-0.1, -0.05) is 65.2 Å². The summed E-state index contributed by atoms with van der Waals surface area (Å²) in [5.74, 6) is 2.77. The highest BCUT2D eigenvalue weighted by molar-refractivity contribution is 6.07. The van der Waals surface area contributed by atoms with Gasteiger partial charge in [0.1, 0.15) is 18.5 Å². The third-order valence-electron chi connectivity index (χ3n) is 9.96. The summed E-state index contributed by atoms with van der Waals surface area (Å²) in [5, 5.41) is 5.38. The van der Waals surface area contributed by atoms with Crippen molar-refractivity contribution in [3.63, 3.8) is 0 Å². The van der Waals surface area contributed by atoms with Crippen LogP contribution in [0, 0.1) is 13.8 Å². The van der Waals surface area contributed by atoms with Crippen molar-refractivity contribution < 1.29 is 9.30 Å². The molecule has 1 aliphatic heterocycles. The first-order chi connectivity index (χ1) is 17.6. The van der Waals surface area contributed by atoms with E-state index in [4.69, 9.17) is 4.74 Å². The lowest BCUT2D eigenvalue weighted by Gasteiger charge is -2.28. The van der Waals surface area contributed by atoms with E-state index in [2.05, 4.69) is 89.7 Å². The monoisotopic (exact) mass is 490 g/mol. The summed E-state index contributed by atoms with van der Waals surface area (Å²) in [6, 6.07) is 11.9. The van der Waals surface area contributed by atoms with Crippen molar-refractivity contribution in [2.45, 2.75) is 96.8 Å². The molecule has 0 bridgehead atoms. The number of rotatable bonds is 1. The number of hydrogen-bond acceptors (Lipinski definition) is 1. The Morgan fingerprint density at radius 3 is 2.38 bits per heavy atom. The minimum Gasteiger partial charge on any atom is -0.455 e. The van der Waals surface area contributed by atoms with Crippen molar-refractivity contribution in [2.75, 3.05) is 0 Å². The highest BCUT2D eigenvalue weighted by Crippen LogP contribution is 2.56. The maximum Gasteiger partial charge on any atom is 0.228 e. The van der Waals surface area contributed by atoms with Crippen LogP contribution in [0.1, 0.15) is 100.0 Å². The predicted molar refractivity (Wildman–Crippen MR) is 154 cm³/mol. The molecule has 0 unspecified atom stereocenters. The number of aryl methyl sites for hydroxylation is 3. The van der Waals surface area contributed by atoms with Crippen molar-refractivity contribution in [1.82, 2.24) is 0 Å². The Bertz CT molecular complexity index is 1630. The van der Waals surface area contributed by atoms with Gasteiger partial charge < -0.3 is 4.74 Å². The first-order valence-electron chi connectivity index (χ1n) is 14.3. The summed E-state index contributed by atoms with van der Waals surface area (Å²) in [7, 11) is 2.19. The molecule has 2 heteroatoms. The lowest BCUT2D eigenvalue weighted by Crippen LogP contribution is -2.32. The van der Waals surface area contributed by atoms with Gasteiger partial charge in [-0.25, -0.2) is 4.57 Å². The average Bonchev–Trinajstić information content (AvgIpc) is 3.07. The van der Waals surface area contributed by atoms with Crippen molar-refractivity contribution in [3.8, 4) is 22.8 Å². The van der Waals surface area contributed by atoms with Crippen LogP contribution in [0.25, 0.3) is 32.8 Å². The second-order valence-corrected chi connectivity index (χ2v) is 13.5. The van der Waals surface area contributed by atoms with Crippen LogP contribution in [-0.2, 0) is 17.9 Å². The first kappa shape index (κ1) is 23.3. The van der Waals surface area contributed by atoms with E-state index in [1.165, 1.54) is 99.1 Å². The van der Waals surface area contributed by atoms with E-state index in [0.717, 1.165) is 11.5 Å². The predicted octanol–water partition coefficient (Wildman–Crippen LogP) is 9.21. The molecule has 1 fully saturated rings. The van der Waals surface area contributed by atoms with E-state index in [-0.39, 0.29) is 10.8 Å². The zero-order valence-electron chi connectivity index (χ0n) is 23.6. The molecule has 0 radical (unpaired) electrons. The fourth-order valence-corrected chi connectivity index (χ4v) is 8.53. The van der Waals surface area contributed by atoms with Gasteiger partial charge in [-0.2, -0.15) is 0 Å². The van der Waals surface area contributed by atoms with Crippen LogP contribution in [0.4, 0.5) is 0 Å². The summed E-state index contributed by atoms with van der Waals surface area (Å²) < 4.78 is 9.33. The fourth-order valence-electron chi connectivity index (χ4n) is 8.53. The largest absolute Gasteiger partial charge is 0.455 e. The Morgan fingerprint density at radius 1 is 0.865 bits per heavy atom. The number of fused-ring (bicyclic) bond motifs is 5. The van der Waals surface area contributed by atoms with Crippen molar-refractivity contribution in [3.05, 3.63) is 64.3 Å². The lowest BCUT2D eigenvalue weighted by atomic mass is 9.79. The molecule has 0 amide bonds. The summed E-state index contributed by atoms with van der Waals surface area (Å²) in [6.07, 6.45) is 10.1.